The Morgan fingerprint density at radius 1 is 1.12 bits per heavy atom. The van der Waals surface area contributed by atoms with Crippen LogP contribution in [-0.2, 0) is 6.42 Å². The van der Waals surface area contributed by atoms with Crippen LogP contribution in [0.1, 0.15) is 31.2 Å². The fraction of sp³-hybridized carbons (Fsp3) is 0.571. The molecule has 2 nitrogen and oxygen atoms in total. The van der Waals surface area contributed by atoms with Crippen molar-refractivity contribution < 1.29 is 10.2 Å². The van der Waals surface area contributed by atoms with Gasteiger partial charge in [0, 0.05) is 0 Å². The molecule has 0 amide bonds. The van der Waals surface area contributed by atoms with Gasteiger partial charge in [-0.3, -0.25) is 0 Å². The quantitative estimate of drug-likeness (QED) is 0.771. The topological polar surface area (TPSA) is 40.5 Å². The lowest BCUT2D eigenvalue weighted by Gasteiger charge is -2.16. The Hall–Kier alpha value is -0.860. The highest BCUT2D eigenvalue weighted by Crippen LogP contribution is 2.34. The van der Waals surface area contributed by atoms with E-state index in [9.17, 15) is 10.2 Å². The van der Waals surface area contributed by atoms with Crippen LogP contribution < -0.4 is 0 Å². The Bertz CT molecular complexity index is 306. The summed E-state index contributed by atoms with van der Waals surface area (Å²) in [5, 5.41) is 19.5. The van der Waals surface area contributed by atoms with Crippen LogP contribution in [0.4, 0.5) is 0 Å². The van der Waals surface area contributed by atoms with Crippen LogP contribution in [0, 0.1) is 5.92 Å². The smallest absolute Gasteiger partial charge is 0.0827 e. The van der Waals surface area contributed by atoms with Gasteiger partial charge in [0.2, 0.25) is 0 Å². The zero-order chi connectivity index (χ0) is 11.4. The molecule has 1 aromatic carbocycles. The first-order valence-corrected chi connectivity index (χ1v) is 6.17. The molecular formula is C14H20O2. The van der Waals surface area contributed by atoms with Gasteiger partial charge in [-0.1, -0.05) is 30.3 Å². The molecule has 2 atom stereocenters. The molecule has 1 aromatic rings. The van der Waals surface area contributed by atoms with Gasteiger partial charge in [-0.2, -0.15) is 0 Å². The molecule has 2 N–H and O–H groups in total. The van der Waals surface area contributed by atoms with Crippen molar-refractivity contribution in [3.63, 3.8) is 0 Å². The third-order valence-electron chi connectivity index (χ3n) is 3.31. The second-order valence-electron chi connectivity index (χ2n) is 4.77. The van der Waals surface area contributed by atoms with Crippen molar-refractivity contribution in [1.29, 1.82) is 0 Å². The lowest BCUT2D eigenvalue weighted by molar-refractivity contribution is 0.000701. The second kappa shape index (κ2) is 5.46. The Labute approximate surface area is 96.9 Å². The third-order valence-corrected chi connectivity index (χ3v) is 3.31. The number of aliphatic hydroxyl groups excluding tert-OH is 2. The van der Waals surface area contributed by atoms with Crippen molar-refractivity contribution in [1.82, 2.24) is 0 Å². The normalized spacial score (nSPS) is 19.4. The van der Waals surface area contributed by atoms with Crippen LogP contribution in [0.2, 0.25) is 0 Å². The summed E-state index contributed by atoms with van der Waals surface area (Å²) in [4.78, 5) is 0. The van der Waals surface area contributed by atoms with Gasteiger partial charge in [0.1, 0.15) is 0 Å². The standard InChI is InChI=1S/C14H20O2/c15-13(14(16)12-9-10-12)8-4-7-11-5-2-1-3-6-11/h1-3,5-6,12-16H,4,7-10H2. The van der Waals surface area contributed by atoms with E-state index < -0.39 is 12.2 Å². The number of hydrogen-bond donors (Lipinski definition) is 2. The number of aryl methyl sites for hydroxylation is 1. The maximum Gasteiger partial charge on any atom is 0.0827 e. The van der Waals surface area contributed by atoms with Crippen LogP contribution in [0.25, 0.3) is 0 Å². The van der Waals surface area contributed by atoms with Crippen molar-refractivity contribution in [2.75, 3.05) is 0 Å². The van der Waals surface area contributed by atoms with Crippen LogP contribution in [0.15, 0.2) is 30.3 Å². The summed E-state index contributed by atoms with van der Waals surface area (Å²) >= 11 is 0. The van der Waals surface area contributed by atoms with Gasteiger partial charge >= 0.3 is 0 Å². The molecule has 1 saturated carbocycles. The Kier molecular flexibility index (Phi) is 3.97. The van der Waals surface area contributed by atoms with E-state index in [2.05, 4.69) is 12.1 Å². The number of benzene rings is 1. The summed E-state index contributed by atoms with van der Waals surface area (Å²) in [6, 6.07) is 10.3. The van der Waals surface area contributed by atoms with Gasteiger partial charge in [0.25, 0.3) is 0 Å². The molecule has 2 heteroatoms. The van der Waals surface area contributed by atoms with E-state index in [1.807, 2.05) is 18.2 Å². The van der Waals surface area contributed by atoms with E-state index in [0.29, 0.717) is 12.3 Å². The minimum atomic E-state index is -0.531. The highest BCUT2D eigenvalue weighted by molar-refractivity contribution is 5.14. The lowest BCUT2D eigenvalue weighted by atomic mass is 10.0. The van der Waals surface area contributed by atoms with E-state index >= 15 is 0 Å². The predicted octanol–water partition coefficient (Wildman–Crippen LogP) is 2.14. The van der Waals surface area contributed by atoms with Crippen molar-refractivity contribution in [2.24, 2.45) is 5.92 Å². The number of rotatable bonds is 6. The molecule has 0 spiro atoms. The first-order chi connectivity index (χ1) is 7.77. The Morgan fingerprint density at radius 3 is 2.44 bits per heavy atom. The molecule has 0 bridgehead atoms. The molecular weight excluding hydrogens is 200 g/mol. The van der Waals surface area contributed by atoms with E-state index in [0.717, 1.165) is 25.7 Å². The first-order valence-electron chi connectivity index (χ1n) is 6.17. The van der Waals surface area contributed by atoms with Crippen molar-refractivity contribution in [2.45, 2.75) is 44.3 Å². The van der Waals surface area contributed by atoms with E-state index in [4.69, 9.17) is 0 Å². The van der Waals surface area contributed by atoms with Gasteiger partial charge in [0.05, 0.1) is 12.2 Å². The van der Waals surface area contributed by atoms with Gasteiger partial charge in [-0.25, -0.2) is 0 Å². The fourth-order valence-electron chi connectivity index (χ4n) is 2.08. The van der Waals surface area contributed by atoms with Gasteiger partial charge in [-0.05, 0) is 43.6 Å². The maximum absolute atomic E-state index is 9.76. The molecule has 1 aliphatic carbocycles. The summed E-state index contributed by atoms with van der Waals surface area (Å²) in [6.07, 6.45) is 3.76. The molecule has 1 fully saturated rings. The lowest BCUT2D eigenvalue weighted by Crippen LogP contribution is -2.27. The fourth-order valence-corrected chi connectivity index (χ4v) is 2.08. The molecule has 0 radical (unpaired) electrons. The molecule has 0 aromatic heterocycles. The zero-order valence-corrected chi connectivity index (χ0v) is 9.55. The molecule has 2 unspecified atom stereocenters. The van der Waals surface area contributed by atoms with Crippen molar-refractivity contribution in [3.05, 3.63) is 35.9 Å². The molecule has 0 aliphatic heterocycles. The number of hydrogen-bond acceptors (Lipinski definition) is 2. The van der Waals surface area contributed by atoms with Crippen LogP contribution in [0.3, 0.4) is 0 Å². The maximum atomic E-state index is 9.76. The monoisotopic (exact) mass is 220 g/mol. The minimum absolute atomic E-state index is 0.367. The van der Waals surface area contributed by atoms with E-state index in [1.165, 1.54) is 5.56 Å². The average molecular weight is 220 g/mol. The summed E-state index contributed by atoms with van der Waals surface area (Å²) in [5.74, 6) is 0.367. The van der Waals surface area contributed by atoms with E-state index in [-0.39, 0.29) is 0 Å². The minimum Gasteiger partial charge on any atom is -0.390 e. The number of aliphatic hydroxyl groups is 2. The summed E-state index contributed by atoms with van der Waals surface area (Å²) in [5.41, 5.74) is 1.30. The van der Waals surface area contributed by atoms with Crippen LogP contribution in [0.5, 0.6) is 0 Å². The van der Waals surface area contributed by atoms with Gasteiger partial charge in [0.15, 0.2) is 0 Å². The molecule has 1 aliphatic rings. The molecule has 16 heavy (non-hydrogen) atoms. The molecule has 88 valence electrons. The molecule has 0 heterocycles. The highest BCUT2D eigenvalue weighted by atomic mass is 16.3. The second-order valence-corrected chi connectivity index (χ2v) is 4.77. The molecule has 2 rings (SSSR count). The SMILES string of the molecule is OC(CCCc1ccccc1)C(O)C1CC1. The zero-order valence-electron chi connectivity index (χ0n) is 9.55. The summed E-state index contributed by atoms with van der Waals surface area (Å²) < 4.78 is 0. The largest absolute Gasteiger partial charge is 0.390 e. The van der Waals surface area contributed by atoms with Crippen LogP contribution >= 0.6 is 0 Å². The Morgan fingerprint density at radius 2 is 1.81 bits per heavy atom. The first kappa shape index (κ1) is 11.6. The summed E-state index contributed by atoms with van der Waals surface area (Å²) in [7, 11) is 0. The van der Waals surface area contributed by atoms with Gasteiger partial charge in [-0.15, -0.1) is 0 Å². The van der Waals surface area contributed by atoms with Crippen LogP contribution in [-0.4, -0.2) is 22.4 Å². The predicted molar refractivity (Wildman–Crippen MR) is 64.1 cm³/mol. The average Bonchev–Trinajstić information content (AvgIpc) is 3.13. The third kappa shape index (κ3) is 3.32. The molecule has 0 saturated heterocycles. The van der Waals surface area contributed by atoms with Crippen molar-refractivity contribution in [3.8, 4) is 0 Å². The van der Waals surface area contributed by atoms with Crippen molar-refractivity contribution >= 4 is 0 Å². The highest BCUT2D eigenvalue weighted by Gasteiger charge is 2.33. The van der Waals surface area contributed by atoms with Gasteiger partial charge < -0.3 is 10.2 Å². The Balaban J connectivity index is 1.67. The van der Waals surface area contributed by atoms with E-state index in [1.54, 1.807) is 0 Å². The summed E-state index contributed by atoms with van der Waals surface area (Å²) in [6.45, 7) is 0.